The first-order valence-electron chi connectivity index (χ1n) is 7.59. The minimum absolute atomic E-state index is 0.0380. The molecule has 1 aromatic heterocycles. The molecule has 3 rings (SSSR count). The van der Waals surface area contributed by atoms with Crippen molar-refractivity contribution in [2.75, 3.05) is 6.54 Å². The largest absolute Gasteiger partial charge is 0.363 e. The number of aromatic nitrogens is 2. The normalized spacial score (nSPS) is 22.1. The molecule has 1 amide bonds. The van der Waals surface area contributed by atoms with Crippen LogP contribution < -0.4 is 0 Å². The van der Waals surface area contributed by atoms with E-state index in [1.165, 1.54) is 5.56 Å². The summed E-state index contributed by atoms with van der Waals surface area (Å²) in [6, 6.07) is 8.30. The van der Waals surface area contributed by atoms with Crippen LogP contribution in [0.3, 0.4) is 0 Å². The number of imidazole rings is 1. The quantitative estimate of drug-likeness (QED) is 0.940. The molecule has 1 saturated heterocycles. The highest BCUT2D eigenvalue weighted by Crippen LogP contribution is 2.18. The Bertz CT molecular complexity index is 622. The molecule has 5 nitrogen and oxygen atoms in total. The van der Waals surface area contributed by atoms with Crippen LogP contribution in [0.4, 0.5) is 0 Å². The molecule has 2 aromatic rings. The molecular weight excluding hydrogens is 278 g/mol. The Kier molecular flexibility index (Phi) is 4.24. The SMILES string of the molecule is Cc1ccc(CN2C[C@@H](C)O[C@H](Cc3cnc[nH]3)C2=O)cc1. The van der Waals surface area contributed by atoms with Crippen LogP contribution in [0, 0.1) is 6.92 Å². The third-order valence-corrected chi connectivity index (χ3v) is 3.92. The van der Waals surface area contributed by atoms with Crippen molar-refractivity contribution in [3.63, 3.8) is 0 Å². The van der Waals surface area contributed by atoms with Crippen molar-refractivity contribution in [3.8, 4) is 0 Å². The first kappa shape index (κ1) is 14.8. The van der Waals surface area contributed by atoms with Gasteiger partial charge in [-0.2, -0.15) is 0 Å². The third kappa shape index (κ3) is 3.36. The van der Waals surface area contributed by atoms with Gasteiger partial charge in [0.05, 0.1) is 12.4 Å². The van der Waals surface area contributed by atoms with Crippen molar-refractivity contribution in [2.24, 2.45) is 0 Å². The summed E-state index contributed by atoms with van der Waals surface area (Å²) in [5, 5.41) is 0. The molecule has 116 valence electrons. The zero-order chi connectivity index (χ0) is 15.5. The van der Waals surface area contributed by atoms with Gasteiger partial charge in [0.15, 0.2) is 0 Å². The van der Waals surface area contributed by atoms with Gasteiger partial charge in [0.1, 0.15) is 6.10 Å². The Hall–Kier alpha value is -2.14. The highest BCUT2D eigenvalue weighted by atomic mass is 16.5. The van der Waals surface area contributed by atoms with Gasteiger partial charge >= 0.3 is 0 Å². The van der Waals surface area contributed by atoms with E-state index in [2.05, 4.69) is 41.2 Å². The molecule has 0 bridgehead atoms. The second-order valence-corrected chi connectivity index (χ2v) is 5.92. The highest BCUT2D eigenvalue weighted by Gasteiger charge is 2.33. The molecule has 2 heterocycles. The lowest BCUT2D eigenvalue weighted by Gasteiger charge is -2.36. The minimum atomic E-state index is -0.436. The molecule has 0 aliphatic carbocycles. The molecule has 1 aliphatic heterocycles. The highest BCUT2D eigenvalue weighted by molar-refractivity contribution is 5.82. The molecule has 1 aliphatic rings. The Balaban J connectivity index is 1.70. The Labute approximate surface area is 130 Å². The molecule has 1 aromatic carbocycles. The Morgan fingerprint density at radius 1 is 1.36 bits per heavy atom. The lowest BCUT2D eigenvalue weighted by Crippen LogP contribution is -2.51. The van der Waals surface area contributed by atoms with Crippen LogP contribution in [0.1, 0.15) is 23.7 Å². The lowest BCUT2D eigenvalue weighted by atomic mass is 10.1. The maximum atomic E-state index is 12.6. The van der Waals surface area contributed by atoms with Crippen molar-refractivity contribution in [1.29, 1.82) is 0 Å². The van der Waals surface area contributed by atoms with Gasteiger partial charge in [-0.25, -0.2) is 4.98 Å². The van der Waals surface area contributed by atoms with Gasteiger partial charge in [-0.05, 0) is 19.4 Å². The summed E-state index contributed by atoms with van der Waals surface area (Å²) < 4.78 is 5.82. The third-order valence-electron chi connectivity index (χ3n) is 3.92. The molecule has 0 spiro atoms. The molecule has 0 unspecified atom stereocenters. The Morgan fingerprint density at radius 3 is 2.82 bits per heavy atom. The van der Waals surface area contributed by atoms with Crippen LogP contribution in [0.5, 0.6) is 0 Å². The zero-order valence-electron chi connectivity index (χ0n) is 13.0. The molecule has 1 N–H and O–H groups in total. The summed E-state index contributed by atoms with van der Waals surface area (Å²) in [5.41, 5.74) is 3.29. The van der Waals surface area contributed by atoms with E-state index < -0.39 is 6.10 Å². The number of carbonyl (C=O) groups excluding carboxylic acids is 1. The number of morpholine rings is 1. The summed E-state index contributed by atoms with van der Waals surface area (Å²) in [5.74, 6) is 0.0493. The van der Waals surface area contributed by atoms with Crippen LogP contribution in [0.2, 0.25) is 0 Å². The Morgan fingerprint density at radius 2 is 2.14 bits per heavy atom. The summed E-state index contributed by atoms with van der Waals surface area (Å²) in [4.78, 5) is 21.5. The van der Waals surface area contributed by atoms with Crippen LogP contribution in [0.25, 0.3) is 0 Å². The van der Waals surface area contributed by atoms with E-state index in [-0.39, 0.29) is 12.0 Å². The number of aromatic amines is 1. The van der Waals surface area contributed by atoms with Gasteiger partial charge in [-0.15, -0.1) is 0 Å². The maximum Gasteiger partial charge on any atom is 0.252 e. The summed E-state index contributed by atoms with van der Waals surface area (Å²) in [6.07, 6.45) is 3.50. The van der Waals surface area contributed by atoms with Crippen LogP contribution >= 0.6 is 0 Å². The molecule has 0 radical (unpaired) electrons. The predicted molar refractivity (Wildman–Crippen MR) is 83.2 cm³/mol. The summed E-state index contributed by atoms with van der Waals surface area (Å²) >= 11 is 0. The predicted octanol–water partition coefficient (Wildman–Crippen LogP) is 2.08. The second-order valence-electron chi connectivity index (χ2n) is 5.92. The molecular formula is C17H21N3O2. The van der Waals surface area contributed by atoms with E-state index in [0.29, 0.717) is 19.5 Å². The van der Waals surface area contributed by atoms with Crippen LogP contribution in [-0.4, -0.2) is 39.5 Å². The number of aryl methyl sites for hydroxylation is 1. The van der Waals surface area contributed by atoms with E-state index in [4.69, 9.17) is 4.74 Å². The van der Waals surface area contributed by atoms with E-state index in [1.54, 1.807) is 12.5 Å². The minimum Gasteiger partial charge on any atom is -0.363 e. The smallest absolute Gasteiger partial charge is 0.252 e. The van der Waals surface area contributed by atoms with Crippen molar-refractivity contribution < 1.29 is 9.53 Å². The first-order valence-corrected chi connectivity index (χ1v) is 7.59. The fourth-order valence-corrected chi connectivity index (χ4v) is 2.77. The molecule has 5 heteroatoms. The van der Waals surface area contributed by atoms with Crippen molar-refractivity contribution in [3.05, 3.63) is 53.6 Å². The molecule has 2 atom stereocenters. The number of ether oxygens (including phenoxy) is 1. The van der Waals surface area contributed by atoms with Gasteiger partial charge < -0.3 is 14.6 Å². The van der Waals surface area contributed by atoms with Crippen molar-refractivity contribution in [2.45, 2.75) is 39.0 Å². The second kappa shape index (κ2) is 6.32. The van der Waals surface area contributed by atoms with Gasteiger partial charge in [-0.3, -0.25) is 4.79 Å². The number of rotatable bonds is 4. The van der Waals surface area contributed by atoms with E-state index in [1.807, 2.05) is 11.8 Å². The lowest BCUT2D eigenvalue weighted by molar-refractivity contribution is -0.161. The monoisotopic (exact) mass is 299 g/mol. The average molecular weight is 299 g/mol. The van der Waals surface area contributed by atoms with Gasteiger partial charge in [0.25, 0.3) is 5.91 Å². The first-order chi connectivity index (χ1) is 10.6. The molecule has 0 saturated carbocycles. The number of H-pyrrole nitrogens is 1. The number of amides is 1. The number of hydrogen-bond acceptors (Lipinski definition) is 3. The number of benzene rings is 1. The number of carbonyl (C=O) groups is 1. The van der Waals surface area contributed by atoms with E-state index in [0.717, 1.165) is 11.3 Å². The van der Waals surface area contributed by atoms with Crippen LogP contribution in [0.15, 0.2) is 36.8 Å². The van der Waals surface area contributed by atoms with Gasteiger partial charge in [0, 0.05) is 31.4 Å². The number of hydrogen-bond donors (Lipinski definition) is 1. The fourth-order valence-electron chi connectivity index (χ4n) is 2.77. The van der Waals surface area contributed by atoms with E-state index in [9.17, 15) is 4.79 Å². The standard InChI is InChI=1S/C17H21N3O2/c1-12-3-5-14(6-4-12)10-20-9-13(2)22-16(17(20)21)7-15-8-18-11-19-15/h3-6,8,11,13,16H,7,9-10H2,1-2H3,(H,18,19)/t13-,16-/m1/s1. The van der Waals surface area contributed by atoms with Gasteiger partial charge in [0.2, 0.25) is 0 Å². The van der Waals surface area contributed by atoms with E-state index >= 15 is 0 Å². The van der Waals surface area contributed by atoms with Crippen molar-refractivity contribution in [1.82, 2.24) is 14.9 Å². The zero-order valence-corrected chi connectivity index (χ0v) is 13.0. The fraction of sp³-hybridized carbons (Fsp3) is 0.412. The van der Waals surface area contributed by atoms with Crippen LogP contribution in [-0.2, 0) is 22.5 Å². The molecule has 22 heavy (non-hydrogen) atoms. The topological polar surface area (TPSA) is 58.2 Å². The van der Waals surface area contributed by atoms with Crippen molar-refractivity contribution >= 4 is 5.91 Å². The summed E-state index contributed by atoms with van der Waals surface area (Å²) in [7, 11) is 0. The maximum absolute atomic E-state index is 12.6. The summed E-state index contributed by atoms with van der Waals surface area (Å²) in [6.45, 7) is 5.33. The number of nitrogens with zero attached hydrogens (tertiary/aromatic N) is 2. The molecule has 1 fully saturated rings. The number of nitrogens with one attached hydrogen (secondary N) is 1. The average Bonchev–Trinajstić information content (AvgIpc) is 2.99. The van der Waals surface area contributed by atoms with Gasteiger partial charge in [-0.1, -0.05) is 29.8 Å².